The average molecular weight is 447 g/mol. The Kier molecular flexibility index (Phi) is 6.86. The second kappa shape index (κ2) is 10.2. The Labute approximate surface area is 198 Å². The van der Waals surface area contributed by atoms with E-state index in [9.17, 15) is 0 Å². The summed E-state index contributed by atoms with van der Waals surface area (Å²) in [5.41, 5.74) is 4.00. The van der Waals surface area contributed by atoms with Crippen molar-refractivity contribution in [2.45, 2.75) is 52.0 Å². The molecule has 0 saturated carbocycles. The van der Waals surface area contributed by atoms with Gasteiger partial charge in [0.25, 0.3) is 0 Å². The van der Waals surface area contributed by atoms with Gasteiger partial charge in [0.1, 0.15) is 5.75 Å². The zero-order valence-electron chi connectivity index (χ0n) is 20.2. The monoisotopic (exact) mass is 446 g/mol. The topological polar surface area (TPSA) is 33.5 Å². The van der Waals surface area contributed by atoms with Crippen LogP contribution >= 0.6 is 0 Å². The van der Waals surface area contributed by atoms with Gasteiger partial charge < -0.3 is 19.1 Å². The van der Waals surface area contributed by atoms with Crippen molar-refractivity contribution in [3.05, 3.63) is 54.5 Å². The summed E-state index contributed by atoms with van der Waals surface area (Å²) in [5.74, 6) is 1.85. The number of ether oxygens (including phenoxy) is 1. The molecule has 0 unspecified atom stereocenters. The fourth-order valence-corrected chi connectivity index (χ4v) is 5.77. The summed E-state index contributed by atoms with van der Waals surface area (Å²) in [6.45, 7) is 11.0. The van der Waals surface area contributed by atoms with E-state index in [-0.39, 0.29) is 0 Å². The van der Waals surface area contributed by atoms with Gasteiger partial charge in [0, 0.05) is 68.0 Å². The molecule has 2 aromatic heterocycles. The number of benzene rings is 1. The van der Waals surface area contributed by atoms with Gasteiger partial charge in [-0.15, -0.1) is 0 Å². The van der Waals surface area contributed by atoms with E-state index in [0.29, 0.717) is 6.04 Å². The molecule has 3 aromatic rings. The smallest absolute Gasteiger partial charge is 0.121 e. The number of fused-ring (bicyclic) bond motifs is 1. The molecule has 5 heteroatoms. The molecule has 2 saturated heterocycles. The third-order valence-corrected chi connectivity index (χ3v) is 7.75. The van der Waals surface area contributed by atoms with Gasteiger partial charge in [0.2, 0.25) is 0 Å². The summed E-state index contributed by atoms with van der Waals surface area (Å²) < 4.78 is 8.20. The summed E-state index contributed by atoms with van der Waals surface area (Å²) in [4.78, 5) is 9.55. The molecule has 176 valence electrons. The molecular formula is C28H38N4O. The van der Waals surface area contributed by atoms with Gasteiger partial charge in [-0.1, -0.05) is 6.07 Å². The van der Waals surface area contributed by atoms with Crippen molar-refractivity contribution in [3.63, 3.8) is 0 Å². The van der Waals surface area contributed by atoms with Crippen LogP contribution in [0.4, 0.5) is 5.69 Å². The molecule has 0 radical (unpaired) electrons. The van der Waals surface area contributed by atoms with Gasteiger partial charge in [-0.05, 0) is 82.2 Å². The minimum atomic E-state index is 0.621. The molecule has 0 amide bonds. The highest BCUT2D eigenvalue weighted by atomic mass is 16.5. The molecule has 0 bridgehead atoms. The van der Waals surface area contributed by atoms with Crippen LogP contribution in [0.2, 0.25) is 0 Å². The van der Waals surface area contributed by atoms with Crippen molar-refractivity contribution in [2.75, 3.05) is 44.2 Å². The van der Waals surface area contributed by atoms with E-state index in [1.165, 1.54) is 73.9 Å². The lowest BCUT2D eigenvalue weighted by molar-refractivity contribution is 0.173. The van der Waals surface area contributed by atoms with Crippen molar-refractivity contribution < 1.29 is 4.74 Å². The number of likely N-dealkylation sites (tertiary alicyclic amines) is 1. The van der Waals surface area contributed by atoms with E-state index in [1.54, 1.807) is 0 Å². The quantitative estimate of drug-likeness (QED) is 0.467. The maximum absolute atomic E-state index is 5.69. The third-order valence-electron chi connectivity index (χ3n) is 7.75. The van der Waals surface area contributed by atoms with Gasteiger partial charge in [0.05, 0.1) is 12.1 Å². The number of nitrogens with zero attached hydrogens (tertiary/aromatic N) is 4. The maximum atomic E-state index is 5.69. The molecular weight excluding hydrogens is 408 g/mol. The Bertz CT molecular complexity index is 1040. The van der Waals surface area contributed by atoms with Crippen molar-refractivity contribution in [1.29, 1.82) is 0 Å². The zero-order valence-corrected chi connectivity index (χ0v) is 20.2. The SMILES string of the molecule is CCOc1cccc(N2CCC(CCN3CCC(n4cc(C)c5cnccc54)CC3)CC2)c1. The van der Waals surface area contributed by atoms with E-state index in [0.717, 1.165) is 31.4 Å². The standard InChI is InChI=1S/C28H38N4O/c1-3-33-26-6-4-5-25(19-26)31-17-9-23(10-18-31)8-14-30-15-11-24(12-16-30)32-21-22(2)27-20-29-13-7-28(27)32/h4-7,13,19-21,23-24H,3,8-12,14-18H2,1-2H3. The van der Waals surface area contributed by atoms with Gasteiger partial charge in [-0.3, -0.25) is 4.98 Å². The number of rotatable bonds is 7. The number of hydrogen-bond acceptors (Lipinski definition) is 4. The lowest BCUT2D eigenvalue weighted by Gasteiger charge is -2.36. The molecule has 1 aromatic carbocycles. The van der Waals surface area contributed by atoms with Crippen LogP contribution in [0.15, 0.2) is 48.9 Å². The molecule has 5 rings (SSSR count). The van der Waals surface area contributed by atoms with Crippen LogP contribution in [0.5, 0.6) is 5.75 Å². The molecule has 2 aliphatic rings. The van der Waals surface area contributed by atoms with E-state index < -0.39 is 0 Å². The predicted molar refractivity (Wildman–Crippen MR) is 136 cm³/mol. The first kappa shape index (κ1) is 22.3. The van der Waals surface area contributed by atoms with E-state index in [4.69, 9.17) is 4.74 Å². The summed E-state index contributed by atoms with van der Waals surface area (Å²) in [6, 6.07) is 11.4. The molecule has 33 heavy (non-hydrogen) atoms. The minimum absolute atomic E-state index is 0.621. The van der Waals surface area contributed by atoms with Gasteiger partial charge in [-0.25, -0.2) is 0 Å². The highest BCUT2D eigenvalue weighted by molar-refractivity contribution is 5.82. The Balaban J connectivity index is 1.07. The third kappa shape index (κ3) is 5.03. The van der Waals surface area contributed by atoms with Crippen LogP contribution in [0.25, 0.3) is 10.9 Å². The second-order valence-electron chi connectivity index (χ2n) is 9.83. The largest absolute Gasteiger partial charge is 0.494 e. The lowest BCUT2D eigenvalue weighted by Crippen LogP contribution is -2.38. The molecule has 0 N–H and O–H groups in total. The fourth-order valence-electron chi connectivity index (χ4n) is 5.77. The van der Waals surface area contributed by atoms with Crippen LogP contribution < -0.4 is 9.64 Å². The van der Waals surface area contributed by atoms with E-state index in [2.05, 4.69) is 62.8 Å². The number of aryl methyl sites for hydroxylation is 1. The second-order valence-corrected chi connectivity index (χ2v) is 9.83. The van der Waals surface area contributed by atoms with Gasteiger partial charge in [-0.2, -0.15) is 0 Å². The van der Waals surface area contributed by atoms with Crippen LogP contribution in [-0.4, -0.2) is 53.8 Å². The number of piperidine rings is 2. The molecule has 0 aliphatic carbocycles. The summed E-state index contributed by atoms with van der Waals surface area (Å²) >= 11 is 0. The van der Waals surface area contributed by atoms with Gasteiger partial charge in [0.15, 0.2) is 0 Å². The predicted octanol–water partition coefficient (Wildman–Crippen LogP) is 5.69. The summed E-state index contributed by atoms with van der Waals surface area (Å²) in [6.07, 6.45) is 12.7. The highest BCUT2D eigenvalue weighted by Crippen LogP contribution is 2.31. The van der Waals surface area contributed by atoms with Crippen LogP contribution in [0.1, 0.15) is 50.6 Å². The van der Waals surface area contributed by atoms with Crippen LogP contribution in [-0.2, 0) is 0 Å². The van der Waals surface area contributed by atoms with E-state index >= 15 is 0 Å². The maximum Gasteiger partial charge on any atom is 0.121 e. The van der Waals surface area contributed by atoms with E-state index in [1.807, 2.05) is 19.3 Å². The molecule has 0 spiro atoms. The highest BCUT2D eigenvalue weighted by Gasteiger charge is 2.24. The minimum Gasteiger partial charge on any atom is -0.494 e. The molecule has 5 nitrogen and oxygen atoms in total. The Morgan fingerprint density at radius 1 is 1.03 bits per heavy atom. The van der Waals surface area contributed by atoms with Crippen molar-refractivity contribution >= 4 is 16.6 Å². The number of hydrogen-bond donors (Lipinski definition) is 0. The Morgan fingerprint density at radius 3 is 2.64 bits per heavy atom. The number of anilines is 1. The van der Waals surface area contributed by atoms with Crippen molar-refractivity contribution in [1.82, 2.24) is 14.5 Å². The van der Waals surface area contributed by atoms with Crippen LogP contribution in [0, 0.1) is 12.8 Å². The molecule has 2 fully saturated rings. The Morgan fingerprint density at radius 2 is 1.85 bits per heavy atom. The van der Waals surface area contributed by atoms with Crippen LogP contribution in [0.3, 0.4) is 0 Å². The van der Waals surface area contributed by atoms with Gasteiger partial charge >= 0.3 is 0 Å². The summed E-state index contributed by atoms with van der Waals surface area (Å²) in [7, 11) is 0. The van der Waals surface area contributed by atoms with Crippen molar-refractivity contribution in [3.8, 4) is 5.75 Å². The number of aromatic nitrogens is 2. The normalized spacial score (nSPS) is 18.8. The molecule has 0 atom stereocenters. The first-order chi connectivity index (χ1) is 16.2. The first-order valence-corrected chi connectivity index (χ1v) is 12.8. The molecule has 2 aliphatic heterocycles. The summed E-state index contributed by atoms with van der Waals surface area (Å²) in [5, 5.41) is 1.30. The zero-order chi connectivity index (χ0) is 22.6. The number of pyridine rings is 1. The Hall–Kier alpha value is -2.53. The first-order valence-electron chi connectivity index (χ1n) is 12.8. The lowest BCUT2D eigenvalue weighted by atomic mass is 9.92. The average Bonchev–Trinajstić information content (AvgIpc) is 3.20. The fraction of sp³-hybridized carbons (Fsp3) is 0.536. The molecule has 4 heterocycles. The van der Waals surface area contributed by atoms with Crippen molar-refractivity contribution in [2.24, 2.45) is 5.92 Å².